The molecule has 1 aromatic heterocycles. The van der Waals surface area contributed by atoms with Crippen molar-refractivity contribution in [3.05, 3.63) is 53.0 Å². The Morgan fingerprint density at radius 2 is 1.97 bits per heavy atom. The van der Waals surface area contributed by atoms with Gasteiger partial charge < -0.3 is 14.2 Å². The van der Waals surface area contributed by atoms with Gasteiger partial charge in [-0.15, -0.1) is 0 Å². The minimum absolute atomic E-state index is 0.0728. The third-order valence-electron chi connectivity index (χ3n) is 4.23. The summed E-state index contributed by atoms with van der Waals surface area (Å²) in [5, 5.41) is -0.289. The quantitative estimate of drug-likeness (QED) is 0.345. The van der Waals surface area contributed by atoms with Gasteiger partial charge in [0.2, 0.25) is 5.91 Å². The number of pyridine rings is 1. The molecule has 2 aromatic rings. The van der Waals surface area contributed by atoms with Crippen LogP contribution in [-0.4, -0.2) is 42.7 Å². The van der Waals surface area contributed by atoms with E-state index in [9.17, 15) is 31.9 Å². The zero-order valence-corrected chi connectivity index (χ0v) is 17.4. The minimum atomic E-state index is -4.88. The number of alkyl halides is 3. The van der Waals surface area contributed by atoms with Gasteiger partial charge in [0.05, 0.1) is 24.2 Å². The zero-order chi connectivity index (χ0) is 24.3. The van der Waals surface area contributed by atoms with E-state index in [1.165, 1.54) is 18.3 Å². The van der Waals surface area contributed by atoms with Crippen LogP contribution < -0.4 is 14.4 Å². The fourth-order valence-corrected chi connectivity index (χ4v) is 2.89. The number of hydrogen-bond acceptors (Lipinski definition) is 7. The van der Waals surface area contributed by atoms with Crippen LogP contribution in [-0.2, 0) is 19.1 Å². The Bertz CT molecular complexity index is 1150. The lowest BCUT2D eigenvalue weighted by atomic mass is 10.1. The van der Waals surface area contributed by atoms with Crippen molar-refractivity contribution < 1.29 is 46.2 Å². The number of nitrogens with zero attached hydrogens (tertiary/aromatic N) is 2. The van der Waals surface area contributed by atoms with Crippen molar-refractivity contribution in [1.29, 1.82) is 0 Å². The molecule has 0 N–H and O–H groups in total. The number of methoxy groups -OCH3 is 1. The first kappa shape index (κ1) is 24.0. The van der Waals surface area contributed by atoms with Crippen LogP contribution in [0.15, 0.2) is 42.1 Å². The second-order valence-corrected chi connectivity index (χ2v) is 6.83. The van der Waals surface area contributed by atoms with Crippen molar-refractivity contribution >= 4 is 35.1 Å². The first-order chi connectivity index (χ1) is 15.5. The van der Waals surface area contributed by atoms with Crippen molar-refractivity contribution in [3.63, 3.8) is 0 Å². The van der Waals surface area contributed by atoms with Crippen LogP contribution in [0.4, 0.5) is 23.2 Å². The van der Waals surface area contributed by atoms with Gasteiger partial charge in [-0.05, 0) is 18.2 Å². The first-order valence-corrected chi connectivity index (χ1v) is 9.35. The second kappa shape index (κ2) is 9.45. The number of anilines is 1. The molecule has 0 aliphatic carbocycles. The van der Waals surface area contributed by atoms with E-state index < -0.39 is 54.1 Å². The van der Waals surface area contributed by atoms with Crippen LogP contribution in [0.2, 0.25) is 5.02 Å². The van der Waals surface area contributed by atoms with E-state index >= 15 is 0 Å². The third-order valence-corrected chi connectivity index (χ3v) is 4.52. The molecule has 0 bridgehead atoms. The summed E-state index contributed by atoms with van der Waals surface area (Å²) in [6.07, 6.45) is -4.49. The molecule has 0 spiro atoms. The Morgan fingerprint density at radius 1 is 1.24 bits per heavy atom. The number of imide groups is 1. The van der Waals surface area contributed by atoms with Crippen LogP contribution in [0.5, 0.6) is 17.4 Å². The van der Waals surface area contributed by atoms with Gasteiger partial charge in [-0.1, -0.05) is 11.6 Å². The van der Waals surface area contributed by atoms with Gasteiger partial charge in [-0.25, -0.2) is 19.1 Å². The molecular formula is C20H13ClF4N2O6. The van der Waals surface area contributed by atoms with Crippen molar-refractivity contribution in [2.45, 2.75) is 12.6 Å². The van der Waals surface area contributed by atoms with Gasteiger partial charge in [0.15, 0.2) is 12.4 Å². The molecule has 1 aliphatic rings. The van der Waals surface area contributed by atoms with E-state index in [4.69, 9.17) is 21.1 Å². The number of hydrogen-bond donors (Lipinski definition) is 0. The number of aromatic nitrogens is 1. The lowest BCUT2D eigenvalue weighted by Gasteiger charge is -2.26. The fraction of sp³-hybridized carbons (Fsp3) is 0.200. The van der Waals surface area contributed by atoms with Gasteiger partial charge in [0, 0.05) is 23.9 Å². The van der Waals surface area contributed by atoms with Crippen molar-refractivity contribution in [1.82, 2.24) is 4.98 Å². The SMILES string of the molecule is COC(=O)COc1ncccc1Oc1cc(N2C(=O)C=C(C(F)(F)F)CC2=O)c(F)cc1Cl. The van der Waals surface area contributed by atoms with Crippen LogP contribution in [0.1, 0.15) is 6.42 Å². The minimum Gasteiger partial charge on any atom is -0.466 e. The highest BCUT2D eigenvalue weighted by molar-refractivity contribution is 6.32. The highest BCUT2D eigenvalue weighted by atomic mass is 35.5. The Hall–Kier alpha value is -3.67. The van der Waals surface area contributed by atoms with E-state index in [0.29, 0.717) is 0 Å². The van der Waals surface area contributed by atoms with E-state index in [1.807, 2.05) is 0 Å². The summed E-state index contributed by atoms with van der Waals surface area (Å²) in [5.41, 5.74) is -2.01. The molecule has 3 rings (SSSR count). The zero-order valence-electron chi connectivity index (χ0n) is 16.6. The van der Waals surface area contributed by atoms with Crippen LogP contribution in [0, 0.1) is 5.82 Å². The summed E-state index contributed by atoms with van der Waals surface area (Å²) >= 11 is 6.00. The average Bonchev–Trinajstić information content (AvgIpc) is 2.74. The highest BCUT2D eigenvalue weighted by Crippen LogP contribution is 2.39. The lowest BCUT2D eigenvalue weighted by Crippen LogP contribution is -2.41. The molecule has 13 heteroatoms. The maximum atomic E-state index is 14.5. The number of carbonyl (C=O) groups excluding carboxylic acids is 3. The normalized spacial score (nSPS) is 14.1. The Morgan fingerprint density at radius 3 is 2.61 bits per heavy atom. The topological polar surface area (TPSA) is 95.0 Å². The standard InChI is InChI=1S/C20H13ClF4N2O6/c1-31-18(30)9-32-19-14(3-2-4-26-19)33-15-8-13(12(22)7-11(15)21)27-16(28)5-10(6-17(27)29)20(23,24)25/h2-5,7-8H,6,9H2,1H3. The number of esters is 1. The number of ether oxygens (including phenoxy) is 3. The monoisotopic (exact) mass is 488 g/mol. The molecule has 2 amide bonds. The summed E-state index contributed by atoms with van der Waals surface area (Å²) < 4.78 is 68.4. The summed E-state index contributed by atoms with van der Waals surface area (Å²) in [6, 6.07) is 4.41. The van der Waals surface area contributed by atoms with Crippen molar-refractivity contribution in [2.75, 3.05) is 18.6 Å². The molecule has 0 saturated heterocycles. The van der Waals surface area contributed by atoms with Gasteiger partial charge in [0.1, 0.15) is 11.6 Å². The molecule has 1 aliphatic heterocycles. The molecule has 0 atom stereocenters. The Kier molecular flexibility index (Phi) is 6.86. The summed E-state index contributed by atoms with van der Waals surface area (Å²) in [7, 11) is 1.15. The first-order valence-electron chi connectivity index (χ1n) is 8.97. The predicted molar refractivity (Wildman–Crippen MR) is 104 cm³/mol. The molecule has 2 heterocycles. The predicted octanol–water partition coefficient (Wildman–Crippen LogP) is 3.97. The molecule has 0 fully saturated rings. The molecule has 0 radical (unpaired) electrons. The van der Waals surface area contributed by atoms with Crippen LogP contribution in [0.3, 0.4) is 0 Å². The van der Waals surface area contributed by atoms with E-state index in [-0.39, 0.29) is 33.4 Å². The van der Waals surface area contributed by atoms with Gasteiger partial charge in [-0.3, -0.25) is 9.59 Å². The largest absolute Gasteiger partial charge is 0.466 e. The van der Waals surface area contributed by atoms with Crippen LogP contribution in [0.25, 0.3) is 0 Å². The van der Waals surface area contributed by atoms with E-state index in [2.05, 4.69) is 9.72 Å². The number of rotatable bonds is 6. The number of carbonyl (C=O) groups is 3. The number of benzene rings is 1. The highest BCUT2D eigenvalue weighted by Gasteiger charge is 2.41. The Balaban J connectivity index is 1.94. The smallest absolute Gasteiger partial charge is 0.413 e. The maximum Gasteiger partial charge on any atom is 0.413 e. The lowest BCUT2D eigenvalue weighted by molar-refractivity contribution is -0.143. The van der Waals surface area contributed by atoms with Gasteiger partial charge in [-0.2, -0.15) is 13.2 Å². The van der Waals surface area contributed by atoms with E-state index in [0.717, 1.165) is 19.2 Å². The molecule has 33 heavy (non-hydrogen) atoms. The molecule has 0 unspecified atom stereocenters. The third kappa shape index (κ3) is 5.40. The van der Waals surface area contributed by atoms with Crippen molar-refractivity contribution in [3.8, 4) is 17.4 Å². The molecular weight excluding hydrogens is 476 g/mol. The fourth-order valence-electron chi connectivity index (χ4n) is 2.70. The van der Waals surface area contributed by atoms with Gasteiger partial charge >= 0.3 is 12.1 Å². The van der Waals surface area contributed by atoms with E-state index in [1.54, 1.807) is 0 Å². The number of amides is 2. The maximum absolute atomic E-state index is 14.5. The van der Waals surface area contributed by atoms with Crippen LogP contribution >= 0.6 is 11.6 Å². The van der Waals surface area contributed by atoms with Crippen molar-refractivity contribution in [2.24, 2.45) is 0 Å². The molecule has 174 valence electrons. The average molecular weight is 489 g/mol. The summed E-state index contributed by atoms with van der Waals surface area (Å²) in [6.45, 7) is -0.503. The summed E-state index contributed by atoms with van der Waals surface area (Å²) in [4.78, 5) is 39.9. The van der Waals surface area contributed by atoms with Gasteiger partial charge in [0.25, 0.3) is 11.8 Å². The Labute approximate surface area is 188 Å². The summed E-state index contributed by atoms with van der Waals surface area (Å²) in [5.74, 6) is -5.02. The second-order valence-electron chi connectivity index (χ2n) is 6.42. The molecule has 8 nitrogen and oxygen atoms in total. The molecule has 1 aromatic carbocycles. The molecule has 0 saturated carbocycles. The number of halogens is 5.